The zero-order valence-electron chi connectivity index (χ0n) is 27.8. The van der Waals surface area contributed by atoms with E-state index in [0.29, 0.717) is 23.9 Å². The van der Waals surface area contributed by atoms with Gasteiger partial charge >= 0.3 is 0 Å². The van der Waals surface area contributed by atoms with Gasteiger partial charge in [-0.2, -0.15) is 5.10 Å². The van der Waals surface area contributed by atoms with Crippen molar-refractivity contribution in [2.45, 2.75) is 82.8 Å². The van der Waals surface area contributed by atoms with Crippen molar-refractivity contribution in [2.75, 3.05) is 44.7 Å². The van der Waals surface area contributed by atoms with E-state index in [9.17, 15) is 9.59 Å². The van der Waals surface area contributed by atoms with Gasteiger partial charge in [-0.05, 0) is 86.1 Å². The van der Waals surface area contributed by atoms with Crippen LogP contribution >= 0.6 is 11.6 Å². The molecule has 1 aromatic heterocycles. The van der Waals surface area contributed by atoms with Gasteiger partial charge in [0.15, 0.2) is 0 Å². The Morgan fingerprint density at radius 3 is 2.32 bits per heavy atom. The molecule has 3 heterocycles. The van der Waals surface area contributed by atoms with Crippen molar-refractivity contribution in [1.29, 1.82) is 0 Å². The third-order valence-corrected chi connectivity index (χ3v) is 11.3. The Labute approximate surface area is 284 Å². The number of likely N-dealkylation sites (tertiary alicyclic amines) is 2. The first-order valence-electron chi connectivity index (χ1n) is 17.5. The molecule has 9 nitrogen and oxygen atoms in total. The van der Waals surface area contributed by atoms with Crippen LogP contribution in [0.4, 0.5) is 5.69 Å². The van der Waals surface area contributed by atoms with Crippen LogP contribution in [0.25, 0.3) is 0 Å². The fourth-order valence-corrected chi connectivity index (χ4v) is 8.28. The summed E-state index contributed by atoms with van der Waals surface area (Å²) in [5.41, 5.74) is 2.17. The maximum atomic E-state index is 14.3. The van der Waals surface area contributed by atoms with Gasteiger partial charge in [-0.1, -0.05) is 61.2 Å². The Balaban J connectivity index is 1.08. The van der Waals surface area contributed by atoms with Gasteiger partial charge in [-0.15, -0.1) is 0 Å². The van der Waals surface area contributed by atoms with E-state index in [2.05, 4.69) is 25.2 Å². The third-order valence-electron chi connectivity index (χ3n) is 11.0. The molecule has 2 amide bonds. The van der Waals surface area contributed by atoms with Gasteiger partial charge in [-0.25, -0.2) is 4.98 Å². The van der Waals surface area contributed by atoms with Gasteiger partial charge in [0.05, 0.1) is 12.6 Å². The summed E-state index contributed by atoms with van der Waals surface area (Å²) >= 11 is 6.20. The second-order valence-electron chi connectivity index (χ2n) is 14.0. The monoisotopic (exact) mass is 659 g/mol. The number of amides is 2. The number of para-hydroxylation sites is 1. The van der Waals surface area contributed by atoms with E-state index >= 15 is 0 Å². The predicted molar refractivity (Wildman–Crippen MR) is 186 cm³/mol. The quantitative estimate of drug-likeness (QED) is 0.295. The molecular weight excluding hydrogens is 610 g/mol. The highest BCUT2D eigenvalue weighted by Gasteiger charge is 2.44. The zero-order valence-corrected chi connectivity index (χ0v) is 28.5. The van der Waals surface area contributed by atoms with E-state index in [1.807, 2.05) is 72.7 Å². The molecule has 6 rings (SSSR count). The van der Waals surface area contributed by atoms with E-state index in [0.717, 1.165) is 69.7 Å². The molecule has 0 unspecified atom stereocenters. The van der Waals surface area contributed by atoms with Crippen LogP contribution in [0.15, 0.2) is 67.3 Å². The maximum Gasteiger partial charge on any atom is 0.240 e. The van der Waals surface area contributed by atoms with E-state index in [4.69, 9.17) is 11.6 Å². The molecule has 1 aliphatic carbocycles. The van der Waals surface area contributed by atoms with Crippen LogP contribution in [0.2, 0.25) is 5.02 Å². The van der Waals surface area contributed by atoms with Crippen molar-refractivity contribution < 1.29 is 9.59 Å². The Hall–Kier alpha value is -3.27. The summed E-state index contributed by atoms with van der Waals surface area (Å²) < 4.78 is 2.01. The Morgan fingerprint density at radius 2 is 1.66 bits per heavy atom. The predicted octanol–water partition coefficient (Wildman–Crippen LogP) is 5.45. The van der Waals surface area contributed by atoms with Crippen molar-refractivity contribution in [3.05, 3.63) is 77.8 Å². The number of nitrogens with one attached hydrogen (secondary N) is 1. The van der Waals surface area contributed by atoms with Gasteiger partial charge in [-0.3, -0.25) is 19.2 Å². The average Bonchev–Trinajstić information content (AvgIpc) is 3.63. The van der Waals surface area contributed by atoms with Gasteiger partial charge in [0, 0.05) is 56.5 Å². The molecule has 0 spiro atoms. The highest BCUT2D eigenvalue weighted by Crippen LogP contribution is 2.47. The van der Waals surface area contributed by atoms with Crippen molar-refractivity contribution in [3.8, 4) is 0 Å². The highest BCUT2D eigenvalue weighted by atomic mass is 35.5. The van der Waals surface area contributed by atoms with E-state index in [1.54, 1.807) is 11.2 Å². The maximum absolute atomic E-state index is 14.3. The highest BCUT2D eigenvalue weighted by molar-refractivity contribution is 6.30. The topological polar surface area (TPSA) is 86.6 Å². The number of benzene rings is 2. The molecule has 0 bridgehead atoms. The number of carbonyl (C=O) groups is 2. The minimum atomic E-state index is -0.309. The van der Waals surface area contributed by atoms with E-state index in [-0.39, 0.29) is 29.3 Å². The van der Waals surface area contributed by atoms with Crippen molar-refractivity contribution in [1.82, 2.24) is 29.9 Å². The number of hydrogen-bond acceptors (Lipinski definition) is 6. The first-order chi connectivity index (χ1) is 22.9. The van der Waals surface area contributed by atoms with Gasteiger partial charge in [0.2, 0.25) is 11.8 Å². The smallest absolute Gasteiger partial charge is 0.240 e. The van der Waals surface area contributed by atoms with Gasteiger partial charge < -0.3 is 15.1 Å². The lowest BCUT2D eigenvalue weighted by Gasteiger charge is -2.48. The number of rotatable bonds is 11. The summed E-state index contributed by atoms with van der Waals surface area (Å²) in [4.78, 5) is 37.6. The fourth-order valence-electron chi connectivity index (χ4n) is 8.15. The Morgan fingerprint density at radius 1 is 0.957 bits per heavy atom. The first-order valence-corrected chi connectivity index (χ1v) is 17.9. The van der Waals surface area contributed by atoms with Crippen LogP contribution in [-0.4, -0.2) is 88.2 Å². The van der Waals surface area contributed by atoms with Gasteiger partial charge in [0.1, 0.15) is 12.7 Å². The normalized spacial score (nSPS) is 20.2. The number of piperidine rings is 2. The molecule has 1 saturated carbocycles. The number of aromatic nitrogens is 3. The largest absolute Gasteiger partial charge is 0.341 e. The summed E-state index contributed by atoms with van der Waals surface area (Å²) in [6, 6.07) is 17.6. The Bertz CT molecular complexity index is 1410. The number of carbonyl (C=O) groups excluding carboxylic acids is 2. The molecule has 2 aliphatic heterocycles. The average molecular weight is 660 g/mol. The summed E-state index contributed by atoms with van der Waals surface area (Å²) in [7, 11) is 1.84. The second-order valence-corrected chi connectivity index (χ2v) is 14.4. The van der Waals surface area contributed by atoms with Crippen molar-refractivity contribution in [3.63, 3.8) is 0 Å². The molecule has 0 radical (unpaired) electrons. The summed E-state index contributed by atoms with van der Waals surface area (Å²) in [6.07, 6.45) is 14.4. The lowest BCUT2D eigenvalue weighted by molar-refractivity contribution is -0.137. The first kappa shape index (κ1) is 33.6. The summed E-state index contributed by atoms with van der Waals surface area (Å²) in [5.74, 6) is 0.960. The molecule has 3 aliphatic rings. The number of hydrogen-bond donors (Lipinski definition) is 1. The molecule has 2 saturated heterocycles. The Kier molecular flexibility index (Phi) is 11.3. The summed E-state index contributed by atoms with van der Waals surface area (Å²) in [6.45, 7) is 4.48. The molecule has 10 heteroatoms. The number of likely N-dealkylation sites (N-methyl/N-ethyl adjacent to an activating group) is 1. The molecule has 3 fully saturated rings. The summed E-state index contributed by atoms with van der Waals surface area (Å²) in [5, 5.41) is 8.97. The zero-order chi connectivity index (χ0) is 32.6. The second kappa shape index (κ2) is 15.8. The van der Waals surface area contributed by atoms with Crippen LogP contribution in [-0.2, 0) is 22.6 Å². The van der Waals surface area contributed by atoms with Crippen LogP contribution in [0, 0.1) is 11.3 Å². The molecular formula is C37H50ClN7O2. The molecule has 47 heavy (non-hydrogen) atoms. The third kappa shape index (κ3) is 8.61. The minimum absolute atomic E-state index is 0.0941. The van der Waals surface area contributed by atoms with Crippen LogP contribution < -0.4 is 10.2 Å². The van der Waals surface area contributed by atoms with E-state index in [1.165, 1.54) is 32.1 Å². The van der Waals surface area contributed by atoms with Gasteiger partial charge in [0.25, 0.3) is 0 Å². The molecule has 1 N–H and O–H groups in total. The van der Waals surface area contributed by atoms with Crippen LogP contribution in [0.3, 0.4) is 0 Å². The van der Waals surface area contributed by atoms with Crippen LogP contribution in [0.1, 0.15) is 63.4 Å². The molecule has 3 aromatic rings. The van der Waals surface area contributed by atoms with E-state index < -0.39 is 0 Å². The lowest BCUT2D eigenvalue weighted by Crippen LogP contribution is -2.56. The number of halogens is 1. The molecule has 2 aromatic carbocycles. The SMILES string of the molecule is CN(C(=O)CN1CCC(N[C@H](Cc2ccc(Cl)cc2)C(=O)N2CCC(Cn3cncn3)(C3CCCCC3)CC2)CC1)c1ccccc1. The molecule has 1 atom stereocenters. The van der Waals surface area contributed by atoms with Crippen molar-refractivity contribution in [2.24, 2.45) is 11.3 Å². The fraction of sp³-hybridized carbons (Fsp3) is 0.568. The van der Waals surface area contributed by atoms with Crippen LogP contribution in [0.5, 0.6) is 0 Å². The standard InChI is InChI=1S/C37H50ClN7O2/c1-42(33-10-6-3-7-11-33)35(46)25-43-20-16-32(17-21-43)41-34(24-29-12-14-31(38)15-13-29)36(47)44-22-18-37(19-23-44,26-45-28-39-27-40-45)30-8-4-2-5-9-30/h3,6-7,10-15,27-28,30,32,34,41H,2,4-5,8-9,16-26H2,1H3/t34-/m1/s1. The minimum Gasteiger partial charge on any atom is -0.341 e. The number of nitrogens with zero attached hydrogens (tertiary/aromatic N) is 6. The lowest BCUT2D eigenvalue weighted by atomic mass is 9.63. The van der Waals surface area contributed by atoms with Crippen molar-refractivity contribution >= 4 is 29.1 Å². The number of anilines is 1. The molecule has 252 valence electrons.